The highest BCUT2D eigenvalue weighted by Crippen LogP contribution is 2.24. The van der Waals surface area contributed by atoms with Crippen molar-refractivity contribution in [3.05, 3.63) is 35.5 Å². The molecule has 0 saturated carbocycles. The Bertz CT molecular complexity index is 447. The summed E-state index contributed by atoms with van der Waals surface area (Å²) in [5.41, 5.74) is 6.59. The first-order valence-electron chi connectivity index (χ1n) is 4.38. The van der Waals surface area contributed by atoms with E-state index >= 15 is 0 Å². The first-order valence-corrected chi connectivity index (χ1v) is 4.38. The molecule has 3 heteroatoms. The normalized spacial score (nSPS) is 16.0. The van der Waals surface area contributed by atoms with Crippen LogP contribution >= 0.6 is 0 Å². The minimum atomic E-state index is 0.652. The van der Waals surface area contributed by atoms with Crippen LogP contribution in [0.15, 0.2) is 24.3 Å². The molecule has 1 aromatic carbocycles. The van der Waals surface area contributed by atoms with Gasteiger partial charge in [0.15, 0.2) is 0 Å². The SMILES string of the molecule is c1ccc2c3c([nH]c2c1)CNOC3. The molecule has 66 valence electrons. The first-order chi connectivity index (χ1) is 6.45. The predicted molar refractivity (Wildman–Crippen MR) is 49.9 cm³/mol. The van der Waals surface area contributed by atoms with Crippen LogP contribution in [0.3, 0.4) is 0 Å². The third-order valence-corrected chi connectivity index (χ3v) is 2.47. The molecule has 0 spiro atoms. The largest absolute Gasteiger partial charge is 0.357 e. The maximum Gasteiger partial charge on any atom is 0.0956 e. The standard InChI is InChI=1S/C10H10N2O/c1-2-4-9-7(3-1)8-6-13-11-5-10(8)12-9/h1-4,11-12H,5-6H2. The number of rotatable bonds is 0. The van der Waals surface area contributed by atoms with E-state index in [9.17, 15) is 0 Å². The summed E-state index contributed by atoms with van der Waals surface area (Å²) in [4.78, 5) is 8.57. The molecular formula is C10H10N2O. The predicted octanol–water partition coefficient (Wildman–Crippen LogP) is 1.70. The second-order valence-electron chi connectivity index (χ2n) is 3.24. The molecule has 0 fully saturated rings. The summed E-state index contributed by atoms with van der Waals surface area (Å²) < 4.78 is 0. The maximum atomic E-state index is 5.19. The average Bonchev–Trinajstić information content (AvgIpc) is 2.56. The molecule has 2 heterocycles. The van der Waals surface area contributed by atoms with Gasteiger partial charge in [0.05, 0.1) is 13.2 Å². The topological polar surface area (TPSA) is 37.0 Å². The van der Waals surface area contributed by atoms with Crippen molar-refractivity contribution < 1.29 is 4.84 Å². The van der Waals surface area contributed by atoms with Crippen LogP contribution in [0, 0.1) is 0 Å². The summed E-state index contributed by atoms with van der Waals surface area (Å²) in [6, 6.07) is 8.31. The Morgan fingerprint density at radius 1 is 1.23 bits per heavy atom. The first kappa shape index (κ1) is 7.12. The molecule has 0 bridgehead atoms. The van der Waals surface area contributed by atoms with E-state index in [0.717, 1.165) is 6.54 Å². The van der Waals surface area contributed by atoms with Gasteiger partial charge in [-0.15, -0.1) is 0 Å². The quantitative estimate of drug-likeness (QED) is 0.637. The van der Waals surface area contributed by atoms with Crippen LogP contribution in [0.25, 0.3) is 10.9 Å². The van der Waals surface area contributed by atoms with Gasteiger partial charge in [-0.25, -0.2) is 0 Å². The van der Waals surface area contributed by atoms with Crippen molar-refractivity contribution in [2.45, 2.75) is 13.2 Å². The third kappa shape index (κ3) is 0.978. The van der Waals surface area contributed by atoms with Gasteiger partial charge in [0.25, 0.3) is 0 Å². The molecular weight excluding hydrogens is 164 g/mol. The fourth-order valence-electron chi connectivity index (χ4n) is 1.82. The highest BCUT2D eigenvalue weighted by molar-refractivity contribution is 5.84. The molecule has 0 aliphatic carbocycles. The lowest BCUT2D eigenvalue weighted by atomic mass is 10.1. The number of fused-ring (bicyclic) bond motifs is 3. The van der Waals surface area contributed by atoms with Crippen molar-refractivity contribution in [1.29, 1.82) is 0 Å². The number of aromatic nitrogens is 1. The number of aromatic amines is 1. The van der Waals surface area contributed by atoms with Crippen LogP contribution in [-0.2, 0) is 18.0 Å². The van der Waals surface area contributed by atoms with Crippen LogP contribution in [-0.4, -0.2) is 4.98 Å². The van der Waals surface area contributed by atoms with E-state index in [0.29, 0.717) is 6.61 Å². The number of para-hydroxylation sites is 1. The molecule has 0 atom stereocenters. The molecule has 0 amide bonds. The van der Waals surface area contributed by atoms with Crippen molar-refractivity contribution in [3.63, 3.8) is 0 Å². The Morgan fingerprint density at radius 3 is 3.15 bits per heavy atom. The number of hydrogen-bond acceptors (Lipinski definition) is 2. The molecule has 3 nitrogen and oxygen atoms in total. The Balaban J connectivity index is 2.34. The third-order valence-electron chi connectivity index (χ3n) is 2.47. The number of hydrogen-bond donors (Lipinski definition) is 2. The molecule has 1 aromatic heterocycles. The van der Waals surface area contributed by atoms with Crippen LogP contribution in [0.1, 0.15) is 11.3 Å². The fraction of sp³-hybridized carbons (Fsp3) is 0.200. The molecule has 3 rings (SSSR count). The maximum absolute atomic E-state index is 5.19. The number of nitrogens with one attached hydrogen (secondary N) is 2. The molecule has 1 aliphatic heterocycles. The van der Waals surface area contributed by atoms with Crippen molar-refractivity contribution in [3.8, 4) is 0 Å². The zero-order valence-corrected chi connectivity index (χ0v) is 7.13. The zero-order chi connectivity index (χ0) is 8.67. The van der Waals surface area contributed by atoms with Crippen molar-refractivity contribution >= 4 is 10.9 Å². The minimum absolute atomic E-state index is 0.652. The van der Waals surface area contributed by atoms with Gasteiger partial charge < -0.3 is 4.98 Å². The van der Waals surface area contributed by atoms with Crippen LogP contribution in [0.5, 0.6) is 0 Å². The Hall–Kier alpha value is -1.32. The molecule has 13 heavy (non-hydrogen) atoms. The molecule has 1 aliphatic rings. The average molecular weight is 174 g/mol. The van der Waals surface area contributed by atoms with Gasteiger partial charge in [-0.2, -0.15) is 5.48 Å². The van der Waals surface area contributed by atoms with Gasteiger partial charge in [0.2, 0.25) is 0 Å². The van der Waals surface area contributed by atoms with E-state index in [2.05, 4.69) is 28.7 Å². The summed E-state index contributed by atoms with van der Waals surface area (Å²) >= 11 is 0. The molecule has 0 radical (unpaired) electrons. The van der Waals surface area contributed by atoms with E-state index in [-0.39, 0.29) is 0 Å². The summed E-state index contributed by atoms with van der Waals surface area (Å²) in [6.45, 7) is 1.42. The molecule has 2 N–H and O–H groups in total. The summed E-state index contributed by atoms with van der Waals surface area (Å²) in [6.07, 6.45) is 0. The van der Waals surface area contributed by atoms with Crippen molar-refractivity contribution in [1.82, 2.24) is 10.5 Å². The van der Waals surface area contributed by atoms with Crippen molar-refractivity contribution in [2.75, 3.05) is 0 Å². The summed E-state index contributed by atoms with van der Waals surface area (Å²) in [5, 5.41) is 1.28. The highest BCUT2D eigenvalue weighted by atomic mass is 16.6. The lowest BCUT2D eigenvalue weighted by molar-refractivity contribution is 0.0109. The summed E-state index contributed by atoms with van der Waals surface area (Å²) in [7, 11) is 0. The second kappa shape index (κ2) is 2.58. The van der Waals surface area contributed by atoms with E-state index in [4.69, 9.17) is 4.84 Å². The smallest absolute Gasteiger partial charge is 0.0956 e. The Labute approximate surface area is 75.7 Å². The Kier molecular flexibility index (Phi) is 1.41. The van der Waals surface area contributed by atoms with Gasteiger partial charge in [0.1, 0.15) is 0 Å². The number of hydroxylamine groups is 1. The van der Waals surface area contributed by atoms with Crippen LogP contribution < -0.4 is 5.48 Å². The molecule has 0 unspecified atom stereocenters. The summed E-state index contributed by atoms with van der Waals surface area (Å²) in [5.74, 6) is 0. The fourth-order valence-corrected chi connectivity index (χ4v) is 1.82. The van der Waals surface area contributed by atoms with Crippen LogP contribution in [0.4, 0.5) is 0 Å². The zero-order valence-electron chi connectivity index (χ0n) is 7.13. The van der Waals surface area contributed by atoms with E-state index in [1.165, 1.54) is 22.2 Å². The number of H-pyrrole nitrogens is 1. The van der Waals surface area contributed by atoms with Gasteiger partial charge in [-0.05, 0) is 6.07 Å². The monoisotopic (exact) mass is 174 g/mol. The Morgan fingerprint density at radius 2 is 2.15 bits per heavy atom. The van der Waals surface area contributed by atoms with E-state index < -0.39 is 0 Å². The van der Waals surface area contributed by atoms with Gasteiger partial charge in [-0.3, -0.25) is 4.84 Å². The lowest BCUT2D eigenvalue weighted by Crippen LogP contribution is -2.20. The van der Waals surface area contributed by atoms with Gasteiger partial charge in [-0.1, -0.05) is 18.2 Å². The van der Waals surface area contributed by atoms with Crippen molar-refractivity contribution in [2.24, 2.45) is 0 Å². The second-order valence-corrected chi connectivity index (χ2v) is 3.24. The van der Waals surface area contributed by atoms with Crippen LogP contribution in [0.2, 0.25) is 0 Å². The van der Waals surface area contributed by atoms with E-state index in [1.54, 1.807) is 0 Å². The van der Waals surface area contributed by atoms with Gasteiger partial charge in [0, 0.05) is 22.2 Å². The van der Waals surface area contributed by atoms with E-state index in [1.807, 2.05) is 6.07 Å². The molecule has 2 aromatic rings. The van der Waals surface area contributed by atoms with Gasteiger partial charge >= 0.3 is 0 Å². The minimum Gasteiger partial charge on any atom is -0.357 e. The lowest BCUT2D eigenvalue weighted by Gasteiger charge is -2.12. The number of benzene rings is 1. The highest BCUT2D eigenvalue weighted by Gasteiger charge is 2.14. The molecule has 0 saturated heterocycles.